The molecule has 0 unspecified atom stereocenters. The molecule has 2 fully saturated rings. The van der Waals surface area contributed by atoms with E-state index in [1.54, 1.807) is 12.1 Å². The number of hydrogen-bond donors (Lipinski definition) is 0. The standard InChI is InChI=1S/C22H30ClFN6O/c1-17-5-7-29(8-6-17)21-25-20(23)26-22(27-21)30(10-9-28-11-13-31-14-12-28)16-18-3-2-4-19(24)15-18/h2-4,15,17H,5-14,16H2,1H3. The maximum absolute atomic E-state index is 13.8. The number of benzene rings is 1. The molecule has 0 amide bonds. The molecular weight excluding hydrogens is 419 g/mol. The van der Waals surface area contributed by atoms with Crippen LogP contribution in [-0.2, 0) is 11.3 Å². The van der Waals surface area contributed by atoms with E-state index in [1.807, 2.05) is 6.07 Å². The van der Waals surface area contributed by atoms with Crippen molar-refractivity contribution in [3.8, 4) is 0 Å². The van der Waals surface area contributed by atoms with E-state index < -0.39 is 0 Å². The highest BCUT2D eigenvalue weighted by Gasteiger charge is 2.22. The average molecular weight is 449 g/mol. The first-order chi connectivity index (χ1) is 15.1. The SMILES string of the molecule is CC1CCN(c2nc(Cl)nc(N(CCN3CCOCC3)Cc3cccc(F)c3)n2)CC1. The third-order valence-corrected chi connectivity index (χ3v) is 6.16. The molecule has 31 heavy (non-hydrogen) atoms. The van der Waals surface area contributed by atoms with Gasteiger partial charge < -0.3 is 14.5 Å². The van der Waals surface area contributed by atoms with Crippen molar-refractivity contribution in [1.29, 1.82) is 0 Å². The first-order valence-electron chi connectivity index (χ1n) is 11.0. The first-order valence-corrected chi connectivity index (χ1v) is 11.4. The van der Waals surface area contributed by atoms with E-state index in [0.717, 1.165) is 64.3 Å². The molecule has 2 aromatic rings. The number of halogens is 2. The molecule has 168 valence electrons. The van der Waals surface area contributed by atoms with Gasteiger partial charge in [0.15, 0.2) is 0 Å². The molecule has 2 saturated heterocycles. The Morgan fingerprint density at radius 3 is 2.65 bits per heavy atom. The van der Waals surface area contributed by atoms with Crippen molar-refractivity contribution in [3.63, 3.8) is 0 Å². The normalized spacial score (nSPS) is 18.4. The average Bonchev–Trinajstić information content (AvgIpc) is 2.77. The van der Waals surface area contributed by atoms with Crippen molar-refractivity contribution < 1.29 is 9.13 Å². The number of ether oxygens (including phenoxy) is 1. The van der Waals surface area contributed by atoms with Crippen LogP contribution in [0.1, 0.15) is 25.3 Å². The number of rotatable bonds is 7. The lowest BCUT2D eigenvalue weighted by atomic mass is 10.00. The fourth-order valence-electron chi connectivity index (χ4n) is 4.01. The second-order valence-electron chi connectivity index (χ2n) is 8.38. The molecule has 0 spiro atoms. The minimum atomic E-state index is -0.248. The number of aromatic nitrogens is 3. The molecular formula is C22H30ClFN6O. The van der Waals surface area contributed by atoms with E-state index in [4.69, 9.17) is 21.3 Å². The summed E-state index contributed by atoms with van der Waals surface area (Å²) >= 11 is 6.32. The highest BCUT2D eigenvalue weighted by Crippen LogP contribution is 2.23. The molecule has 0 atom stereocenters. The van der Waals surface area contributed by atoms with Gasteiger partial charge in [-0.2, -0.15) is 15.0 Å². The minimum Gasteiger partial charge on any atom is -0.379 e. The summed E-state index contributed by atoms with van der Waals surface area (Å²) in [5.41, 5.74) is 0.867. The summed E-state index contributed by atoms with van der Waals surface area (Å²) in [6, 6.07) is 6.65. The quantitative estimate of drug-likeness (QED) is 0.644. The van der Waals surface area contributed by atoms with Crippen molar-refractivity contribution in [2.45, 2.75) is 26.3 Å². The van der Waals surface area contributed by atoms with Crippen molar-refractivity contribution in [1.82, 2.24) is 19.9 Å². The summed E-state index contributed by atoms with van der Waals surface area (Å²) in [7, 11) is 0. The van der Waals surface area contributed by atoms with Gasteiger partial charge in [0.25, 0.3) is 0 Å². The van der Waals surface area contributed by atoms with Crippen molar-refractivity contribution >= 4 is 23.5 Å². The summed E-state index contributed by atoms with van der Waals surface area (Å²) in [5, 5.41) is 0.189. The first kappa shape index (κ1) is 22.2. The Morgan fingerprint density at radius 1 is 1.13 bits per heavy atom. The van der Waals surface area contributed by atoms with Crippen LogP contribution in [0.5, 0.6) is 0 Å². The van der Waals surface area contributed by atoms with Gasteiger partial charge in [0, 0.05) is 45.8 Å². The Bertz CT molecular complexity index is 858. The van der Waals surface area contributed by atoms with Crippen LogP contribution < -0.4 is 9.80 Å². The van der Waals surface area contributed by atoms with Crippen molar-refractivity contribution in [2.24, 2.45) is 5.92 Å². The van der Waals surface area contributed by atoms with Crippen LogP contribution in [0.25, 0.3) is 0 Å². The molecule has 0 bridgehead atoms. The third kappa shape index (κ3) is 6.24. The van der Waals surface area contributed by atoms with Crippen LogP contribution in [0.15, 0.2) is 24.3 Å². The lowest BCUT2D eigenvalue weighted by Gasteiger charge is -2.32. The largest absolute Gasteiger partial charge is 0.379 e. The smallest absolute Gasteiger partial charge is 0.231 e. The van der Waals surface area contributed by atoms with Crippen LogP contribution in [0.4, 0.5) is 16.3 Å². The van der Waals surface area contributed by atoms with E-state index in [1.165, 1.54) is 6.07 Å². The Morgan fingerprint density at radius 2 is 1.90 bits per heavy atom. The minimum absolute atomic E-state index is 0.189. The van der Waals surface area contributed by atoms with Crippen LogP contribution in [-0.4, -0.2) is 72.3 Å². The Labute approximate surface area is 188 Å². The van der Waals surface area contributed by atoms with Crippen LogP contribution >= 0.6 is 11.6 Å². The summed E-state index contributed by atoms with van der Waals surface area (Å²) in [5.74, 6) is 1.62. The molecule has 9 heteroatoms. The molecule has 0 radical (unpaired) electrons. The highest BCUT2D eigenvalue weighted by atomic mass is 35.5. The zero-order valence-electron chi connectivity index (χ0n) is 18.0. The Hall–Kier alpha value is -2.03. The van der Waals surface area contributed by atoms with E-state index in [9.17, 15) is 4.39 Å². The van der Waals surface area contributed by atoms with Gasteiger partial charge in [-0.05, 0) is 48.1 Å². The van der Waals surface area contributed by atoms with E-state index >= 15 is 0 Å². The zero-order valence-corrected chi connectivity index (χ0v) is 18.8. The van der Waals surface area contributed by atoms with Crippen LogP contribution in [0.2, 0.25) is 5.28 Å². The maximum Gasteiger partial charge on any atom is 0.231 e. The van der Waals surface area contributed by atoms with Gasteiger partial charge in [-0.25, -0.2) is 4.39 Å². The van der Waals surface area contributed by atoms with Crippen molar-refractivity contribution in [2.75, 3.05) is 62.3 Å². The van der Waals surface area contributed by atoms with E-state index in [2.05, 4.69) is 31.6 Å². The van der Waals surface area contributed by atoms with Crippen LogP contribution in [0, 0.1) is 11.7 Å². The molecule has 7 nitrogen and oxygen atoms in total. The molecule has 3 heterocycles. The Balaban J connectivity index is 1.55. The second kappa shape index (κ2) is 10.5. The fourth-order valence-corrected chi connectivity index (χ4v) is 4.16. The van der Waals surface area contributed by atoms with Crippen LogP contribution in [0.3, 0.4) is 0 Å². The molecule has 0 N–H and O–H groups in total. The monoisotopic (exact) mass is 448 g/mol. The van der Waals surface area contributed by atoms with Gasteiger partial charge in [-0.1, -0.05) is 19.1 Å². The van der Waals surface area contributed by atoms with Gasteiger partial charge >= 0.3 is 0 Å². The Kier molecular flexibility index (Phi) is 7.53. The predicted molar refractivity (Wildman–Crippen MR) is 120 cm³/mol. The van der Waals surface area contributed by atoms with Gasteiger partial charge in [0.2, 0.25) is 17.2 Å². The van der Waals surface area contributed by atoms with E-state index in [-0.39, 0.29) is 11.1 Å². The summed E-state index contributed by atoms with van der Waals surface area (Å²) in [6.07, 6.45) is 2.23. The van der Waals surface area contributed by atoms with Gasteiger partial charge in [-0.3, -0.25) is 4.90 Å². The topological polar surface area (TPSA) is 57.6 Å². The van der Waals surface area contributed by atoms with E-state index in [0.29, 0.717) is 30.9 Å². The number of piperidine rings is 1. The summed E-state index contributed by atoms with van der Waals surface area (Å²) in [6.45, 7) is 9.46. The number of hydrogen-bond acceptors (Lipinski definition) is 7. The highest BCUT2D eigenvalue weighted by molar-refractivity contribution is 6.28. The molecule has 2 aliphatic rings. The molecule has 0 saturated carbocycles. The second-order valence-corrected chi connectivity index (χ2v) is 8.72. The lowest BCUT2D eigenvalue weighted by Crippen LogP contribution is -2.42. The molecule has 1 aromatic carbocycles. The van der Waals surface area contributed by atoms with Gasteiger partial charge in [0.05, 0.1) is 13.2 Å². The molecule has 0 aliphatic carbocycles. The number of anilines is 2. The lowest BCUT2D eigenvalue weighted by molar-refractivity contribution is 0.0391. The number of nitrogens with zero attached hydrogens (tertiary/aromatic N) is 6. The molecule has 1 aromatic heterocycles. The number of morpholine rings is 1. The zero-order chi connectivity index (χ0) is 21.6. The summed E-state index contributed by atoms with van der Waals surface area (Å²) in [4.78, 5) is 20.2. The molecule has 2 aliphatic heterocycles. The van der Waals surface area contributed by atoms with Gasteiger partial charge in [-0.15, -0.1) is 0 Å². The maximum atomic E-state index is 13.8. The summed E-state index contributed by atoms with van der Waals surface area (Å²) < 4.78 is 19.2. The molecule has 4 rings (SSSR count). The van der Waals surface area contributed by atoms with Gasteiger partial charge in [0.1, 0.15) is 5.82 Å². The third-order valence-electron chi connectivity index (χ3n) is 5.99. The predicted octanol–water partition coefficient (Wildman–Crippen LogP) is 3.24. The van der Waals surface area contributed by atoms with Crippen molar-refractivity contribution in [3.05, 3.63) is 40.9 Å². The fraction of sp³-hybridized carbons (Fsp3) is 0.591.